The Bertz CT molecular complexity index is 422. The van der Waals surface area contributed by atoms with Gasteiger partial charge in [-0.1, -0.05) is 20.3 Å². The Labute approximate surface area is 110 Å². The normalized spacial score (nSPS) is 23.5. The van der Waals surface area contributed by atoms with Crippen LogP contribution in [0.5, 0.6) is 0 Å². The molecule has 0 aliphatic heterocycles. The van der Waals surface area contributed by atoms with Crippen LogP contribution in [-0.2, 0) is 24.7 Å². The summed E-state index contributed by atoms with van der Waals surface area (Å²) in [6, 6.07) is 2.07. The highest BCUT2D eigenvalue weighted by atomic mass is 16.1. The first-order valence-corrected chi connectivity index (χ1v) is 7.18. The zero-order chi connectivity index (χ0) is 13.1. The Balaban J connectivity index is 1.96. The third kappa shape index (κ3) is 2.82. The number of hydrogen-bond donors (Lipinski definition) is 0. The van der Waals surface area contributed by atoms with Crippen molar-refractivity contribution in [2.75, 3.05) is 0 Å². The minimum atomic E-state index is 0.301. The van der Waals surface area contributed by atoms with Gasteiger partial charge >= 0.3 is 0 Å². The van der Waals surface area contributed by atoms with Crippen molar-refractivity contribution in [3.8, 4) is 0 Å². The van der Waals surface area contributed by atoms with Crippen LogP contribution < -0.4 is 0 Å². The van der Waals surface area contributed by atoms with Crippen LogP contribution in [0.1, 0.15) is 50.9 Å². The van der Waals surface area contributed by atoms with Crippen molar-refractivity contribution in [2.45, 2.75) is 52.4 Å². The van der Waals surface area contributed by atoms with Crippen molar-refractivity contribution in [2.24, 2.45) is 18.9 Å². The van der Waals surface area contributed by atoms with Crippen LogP contribution in [0.2, 0.25) is 0 Å². The lowest BCUT2D eigenvalue weighted by molar-refractivity contribution is -0.122. The van der Waals surface area contributed by atoms with Crippen molar-refractivity contribution in [3.05, 3.63) is 17.5 Å². The Morgan fingerprint density at radius 3 is 2.78 bits per heavy atom. The Morgan fingerprint density at radius 2 is 2.22 bits per heavy atom. The summed E-state index contributed by atoms with van der Waals surface area (Å²) in [5, 5.41) is 4.40. The lowest BCUT2D eigenvalue weighted by atomic mass is 9.96. The van der Waals surface area contributed by atoms with Crippen LogP contribution >= 0.6 is 0 Å². The molecule has 3 heteroatoms. The van der Waals surface area contributed by atoms with Gasteiger partial charge in [-0.15, -0.1) is 0 Å². The number of aromatic nitrogens is 2. The molecule has 3 nitrogen and oxygen atoms in total. The fourth-order valence-corrected chi connectivity index (χ4v) is 2.97. The van der Waals surface area contributed by atoms with E-state index in [-0.39, 0.29) is 0 Å². The standard InChI is InChI=1S/C15H24N2O/c1-4-11-6-7-12(8-11)15(18)10-14-9-13(5-2)16-17(14)3/h9,11-12H,4-8,10H2,1-3H3. The van der Waals surface area contributed by atoms with Crippen molar-refractivity contribution in [1.29, 1.82) is 0 Å². The third-order valence-corrected chi connectivity index (χ3v) is 4.32. The first-order valence-electron chi connectivity index (χ1n) is 7.18. The van der Waals surface area contributed by atoms with Crippen LogP contribution in [-0.4, -0.2) is 15.6 Å². The fourth-order valence-electron chi connectivity index (χ4n) is 2.97. The maximum atomic E-state index is 12.3. The van der Waals surface area contributed by atoms with Crippen LogP contribution in [0.3, 0.4) is 0 Å². The summed E-state index contributed by atoms with van der Waals surface area (Å²) < 4.78 is 1.86. The smallest absolute Gasteiger partial charge is 0.141 e. The molecule has 0 spiro atoms. The van der Waals surface area contributed by atoms with E-state index in [0.717, 1.165) is 36.6 Å². The molecule has 1 aromatic heterocycles. The Morgan fingerprint density at radius 1 is 1.44 bits per heavy atom. The second-order valence-corrected chi connectivity index (χ2v) is 5.53. The van der Waals surface area contributed by atoms with Crippen molar-refractivity contribution >= 4 is 5.78 Å². The fraction of sp³-hybridized carbons (Fsp3) is 0.733. The predicted octanol–water partition coefficient (Wildman–Crippen LogP) is 2.92. The lowest BCUT2D eigenvalue weighted by Gasteiger charge is -2.09. The van der Waals surface area contributed by atoms with E-state index >= 15 is 0 Å². The number of aryl methyl sites for hydroxylation is 2. The SMILES string of the molecule is CCc1cc(CC(=O)C2CCC(CC)C2)n(C)n1. The molecule has 1 aromatic rings. The maximum absolute atomic E-state index is 12.3. The van der Waals surface area contributed by atoms with E-state index in [1.165, 1.54) is 12.8 Å². The molecule has 18 heavy (non-hydrogen) atoms. The molecule has 0 saturated heterocycles. The van der Waals surface area contributed by atoms with Crippen LogP contribution in [0.15, 0.2) is 6.07 Å². The first kappa shape index (κ1) is 13.3. The molecule has 0 amide bonds. The second-order valence-electron chi connectivity index (χ2n) is 5.53. The van der Waals surface area contributed by atoms with Gasteiger partial charge in [-0.2, -0.15) is 5.10 Å². The number of carbonyl (C=O) groups excluding carboxylic acids is 1. The molecule has 2 rings (SSSR count). The highest BCUT2D eigenvalue weighted by Crippen LogP contribution is 2.33. The van der Waals surface area contributed by atoms with Crippen LogP contribution in [0.25, 0.3) is 0 Å². The van der Waals surface area contributed by atoms with Gasteiger partial charge in [0.2, 0.25) is 0 Å². The molecule has 0 bridgehead atoms. The average molecular weight is 248 g/mol. The zero-order valence-corrected chi connectivity index (χ0v) is 11.8. The number of nitrogens with zero attached hydrogens (tertiary/aromatic N) is 2. The van der Waals surface area contributed by atoms with Crippen molar-refractivity contribution in [1.82, 2.24) is 9.78 Å². The second kappa shape index (κ2) is 5.68. The van der Waals surface area contributed by atoms with Gasteiger partial charge in [0.25, 0.3) is 0 Å². The van der Waals surface area contributed by atoms with Gasteiger partial charge in [0.05, 0.1) is 5.69 Å². The van der Waals surface area contributed by atoms with Gasteiger partial charge in [0.15, 0.2) is 0 Å². The van der Waals surface area contributed by atoms with E-state index in [2.05, 4.69) is 25.0 Å². The largest absolute Gasteiger partial charge is 0.299 e. The number of ketones is 1. The topological polar surface area (TPSA) is 34.9 Å². The van der Waals surface area contributed by atoms with Crippen LogP contribution in [0.4, 0.5) is 0 Å². The molecular weight excluding hydrogens is 224 g/mol. The number of Topliss-reactive ketones (excluding diaryl/α,β-unsaturated/α-hetero) is 1. The molecule has 1 heterocycles. The van der Waals surface area contributed by atoms with E-state index in [9.17, 15) is 4.79 Å². The molecule has 0 N–H and O–H groups in total. The Hall–Kier alpha value is -1.12. The lowest BCUT2D eigenvalue weighted by Crippen LogP contribution is -2.16. The maximum Gasteiger partial charge on any atom is 0.141 e. The number of carbonyl (C=O) groups is 1. The third-order valence-electron chi connectivity index (χ3n) is 4.32. The first-order chi connectivity index (χ1) is 8.63. The predicted molar refractivity (Wildman–Crippen MR) is 72.4 cm³/mol. The summed E-state index contributed by atoms with van der Waals surface area (Å²) in [7, 11) is 1.94. The Kier molecular flexibility index (Phi) is 4.20. The quantitative estimate of drug-likeness (QED) is 0.803. The molecule has 0 aromatic carbocycles. The van der Waals surface area contributed by atoms with E-state index in [1.807, 2.05) is 11.7 Å². The van der Waals surface area contributed by atoms with Crippen LogP contribution in [0, 0.1) is 11.8 Å². The van der Waals surface area contributed by atoms with Gasteiger partial charge in [-0.25, -0.2) is 0 Å². The molecule has 2 unspecified atom stereocenters. The zero-order valence-electron chi connectivity index (χ0n) is 11.8. The molecule has 1 fully saturated rings. The van der Waals surface area contributed by atoms with E-state index < -0.39 is 0 Å². The highest BCUT2D eigenvalue weighted by molar-refractivity contribution is 5.83. The summed E-state index contributed by atoms with van der Waals surface area (Å²) in [4.78, 5) is 12.3. The minimum absolute atomic E-state index is 0.301. The van der Waals surface area contributed by atoms with Gasteiger partial charge in [-0.05, 0) is 37.7 Å². The van der Waals surface area contributed by atoms with E-state index in [4.69, 9.17) is 0 Å². The van der Waals surface area contributed by atoms with Gasteiger partial charge < -0.3 is 0 Å². The molecule has 0 radical (unpaired) electrons. The van der Waals surface area contributed by atoms with Gasteiger partial charge in [0, 0.05) is 25.1 Å². The summed E-state index contributed by atoms with van der Waals surface area (Å²) in [5.74, 6) is 1.49. The molecule has 1 saturated carbocycles. The summed E-state index contributed by atoms with van der Waals surface area (Å²) in [6.07, 6.45) is 6.14. The molecular formula is C15H24N2O. The number of rotatable bonds is 5. The van der Waals surface area contributed by atoms with Gasteiger partial charge in [-0.3, -0.25) is 9.48 Å². The molecule has 1 aliphatic carbocycles. The van der Waals surface area contributed by atoms with E-state index in [0.29, 0.717) is 18.1 Å². The molecule has 1 aliphatic rings. The molecule has 2 atom stereocenters. The highest BCUT2D eigenvalue weighted by Gasteiger charge is 2.29. The monoisotopic (exact) mass is 248 g/mol. The average Bonchev–Trinajstić information content (AvgIpc) is 2.96. The van der Waals surface area contributed by atoms with E-state index in [1.54, 1.807) is 0 Å². The molecule has 100 valence electrons. The summed E-state index contributed by atoms with van der Waals surface area (Å²) >= 11 is 0. The van der Waals surface area contributed by atoms with Gasteiger partial charge in [0.1, 0.15) is 5.78 Å². The minimum Gasteiger partial charge on any atom is -0.299 e. The number of hydrogen-bond acceptors (Lipinski definition) is 2. The van der Waals surface area contributed by atoms with Crippen molar-refractivity contribution in [3.63, 3.8) is 0 Å². The summed E-state index contributed by atoms with van der Waals surface area (Å²) in [5.41, 5.74) is 2.15. The summed E-state index contributed by atoms with van der Waals surface area (Å²) in [6.45, 7) is 4.32. The van der Waals surface area contributed by atoms with Crippen molar-refractivity contribution < 1.29 is 4.79 Å².